The molecule has 0 bridgehead atoms. The molecule has 2 nitrogen and oxygen atoms in total. The number of nitrogens with two attached hydrogens (primary N) is 1. The second-order valence-corrected chi connectivity index (χ2v) is 5.69. The quantitative estimate of drug-likeness (QED) is 0.777. The topological polar surface area (TPSA) is 43.1 Å². The van der Waals surface area contributed by atoms with Crippen molar-refractivity contribution in [1.29, 1.82) is 0 Å². The van der Waals surface area contributed by atoms with E-state index in [0.29, 0.717) is 24.0 Å². The maximum Gasteiger partial charge on any atom is 0.138 e. The van der Waals surface area contributed by atoms with E-state index >= 15 is 0 Å². The van der Waals surface area contributed by atoms with Gasteiger partial charge in [-0.15, -0.1) is 0 Å². The Bertz CT molecular complexity index is 217. The van der Waals surface area contributed by atoms with Crippen LogP contribution in [-0.4, -0.2) is 11.3 Å². The van der Waals surface area contributed by atoms with Crippen molar-refractivity contribution in [3.63, 3.8) is 0 Å². The molecular formula is C13H25NO. The van der Waals surface area contributed by atoms with Crippen LogP contribution in [-0.2, 0) is 4.79 Å². The van der Waals surface area contributed by atoms with Gasteiger partial charge in [-0.05, 0) is 32.6 Å². The summed E-state index contributed by atoms with van der Waals surface area (Å²) < 4.78 is 0. The first-order chi connectivity index (χ1) is 6.94. The number of ketones is 1. The van der Waals surface area contributed by atoms with Gasteiger partial charge in [0, 0.05) is 17.9 Å². The highest BCUT2D eigenvalue weighted by Gasteiger charge is 2.31. The predicted octanol–water partition coefficient (Wildman–Crippen LogP) is 2.90. The van der Waals surface area contributed by atoms with Gasteiger partial charge in [-0.25, -0.2) is 0 Å². The fourth-order valence-corrected chi connectivity index (χ4v) is 2.70. The van der Waals surface area contributed by atoms with Gasteiger partial charge in [0.25, 0.3) is 0 Å². The molecule has 0 saturated heterocycles. The summed E-state index contributed by atoms with van der Waals surface area (Å²) in [5, 5.41) is 0. The summed E-state index contributed by atoms with van der Waals surface area (Å²) in [4.78, 5) is 12.1. The maximum absolute atomic E-state index is 12.1. The Kier molecular flexibility index (Phi) is 4.32. The molecule has 1 aliphatic carbocycles. The van der Waals surface area contributed by atoms with Crippen molar-refractivity contribution < 1.29 is 4.79 Å². The predicted molar refractivity (Wildman–Crippen MR) is 63.6 cm³/mol. The minimum absolute atomic E-state index is 0.298. The van der Waals surface area contributed by atoms with E-state index in [1.54, 1.807) is 0 Å². The van der Waals surface area contributed by atoms with E-state index in [2.05, 4.69) is 6.92 Å². The van der Waals surface area contributed by atoms with E-state index in [-0.39, 0.29) is 5.54 Å². The van der Waals surface area contributed by atoms with Crippen LogP contribution < -0.4 is 5.73 Å². The standard InChI is InChI=1S/C13H25NO/c1-4-10-7-5-6-8-11(10)12(15)9-13(2,3)14/h10-11H,4-9,14H2,1-3H3. The molecule has 1 fully saturated rings. The Morgan fingerprint density at radius 1 is 1.33 bits per heavy atom. The molecule has 1 rings (SSSR count). The number of hydrogen-bond donors (Lipinski definition) is 1. The van der Waals surface area contributed by atoms with E-state index in [4.69, 9.17) is 5.73 Å². The van der Waals surface area contributed by atoms with Crippen molar-refractivity contribution in [2.75, 3.05) is 0 Å². The zero-order valence-electron chi connectivity index (χ0n) is 10.4. The number of Topliss-reactive ketones (excluding diaryl/α,β-unsaturated/α-hetero) is 1. The van der Waals surface area contributed by atoms with Crippen molar-refractivity contribution in [1.82, 2.24) is 0 Å². The number of carbonyl (C=O) groups excluding carboxylic acids is 1. The molecule has 2 heteroatoms. The van der Waals surface area contributed by atoms with Crippen molar-refractivity contribution in [2.24, 2.45) is 17.6 Å². The van der Waals surface area contributed by atoms with Gasteiger partial charge in [0.15, 0.2) is 0 Å². The minimum atomic E-state index is -0.340. The SMILES string of the molecule is CCC1CCCCC1C(=O)CC(C)(C)N. The summed E-state index contributed by atoms with van der Waals surface area (Å²) >= 11 is 0. The van der Waals surface area contributed by atoms with Crippen LogP contribution in [0, 0.1) is 11.8 Å². The molecule has 2 unspecified atom stereocenters. The lowest BCUT2D eigenvalue weighted by atomic mass is 9.73. The van der Waals surface area contributed by atoms with Crippen LogP contribution in [0.5, 0.6) is 0 Å². The van der Waals surface area contributed by atoms with Gasteiger partial charge >= 0.3 is 0 Å². The smallest absolute Gasteiger partial charge is 0.138 e. The van der Waals surface area contributed by atoms with Crippen molar-refractivity contribution in [3.8, 4) is 0 Å². The number of carbonyl (C=O) groups is 1. The van der Waals surface area contributed by atoms with Gasteiger partial charge in [-0.3, -0.25) is 4.79 Å². The van der Waals surface area contributed by atoms with E-state index in [9.17, 15) is 4.79 Å². The lowest BCUT2D eigenvalue weighted by molar-refractivity contribution is -0.126. The highest BCUT2D eigenvalue weighted by Crippen LogP contribution is 2.34. The molecule has 15 heavy (non-hydrogen) atoms. The summed E-state index contributed by atoms with van der Waals surface area (Å²) in [5.41, 5.74) is 5.57. The van der Waals surface area contributed by atoms with E-state index in [1.165, 1.54) is 19.3 Å². The lowest BCUT2D eigenvalue weighted by Crippen LogP contribution is -2.38. The van der Waals surface area contributed by atoms with E-state index in [0.717, 1.165) is 12.8 Å². The third kappa shape index (κ3) is 3.94. The molecule has 1 aliphatic rings. The first-order valence-electron chi connectivity index (χ1n) is 6.25. The van der Waals surface area contributed by atoms with Crippen LogP contribution in [0.2, 0.25) is 0 Å². The van der Waals surface area contributed by atoms with Crippen molar-refractivity contribution >= 4 is 5.78 Å². The van der Waals surface area contributed by atoms with Crippen LogP contribution in [0.25, 0.3) is 0 Å². The number of hydrogen-bond acceptors (Lipinski definition) is 2. The van der Waals surface area contributed by atoms with Gasteiger partial charge in [-0.1, -0.05) is 26.2 Å². The Morgan fingerprint density at radius 2 is 1.93 bits per heavy atom. The van der Waals surface area contributed by atoms with Gasteiger partial charge in [-0.2, -0.15) is 0 Å². The Hall–Kier alpha value is -0.370. The maximum atomic E-state index is 12.1. The van der Waals surface area contributed by atoms with E-state index in [1.807, 2.05) is 13.8 Å². The summed E-state index contributed by atoms with van der Waals surface area (Å²) in [6.07, 6.45) is 6.52. The second-order valence-electron chi connectivity index (χ2n) is 5.69. The highest BCUT2D eigenvalue weighted by molar-refractivity contribution is 5.82. The fourth-order valence-electron chi connectivity index (χ4n) is 2.70. The molecule has 0 spiro atoms. The molecular weight excluding hydrogens is 186 g/mol. The first-order valence-corrected chi connectivity index (χ1v) is 6.25. The largest absolute Gasteiger partial charge is 0.325 e. The third-order valence-corrected chi connectivity index (χ3v) is 3.48. The van der Waals surface area contributed by atoms with Crippen LogP contribution in [0.4, 0.5) is 0 Å². The van der Waals surface area contributed by atoms with Gasteiger partial charge in [0.2, 0.25) is 0 Å². The summed E-state index contributed by atoms with van der Waals surface area (Å²) in [7, 11) is 0. The lowest BCUT2D eigenvalue weighted by Gasteiger charge is -2.31. The van der Waals surface area contributed by atoms with Crippen LogP contribution in [0.3, 0.4) is 0 Å². The average molecular weight is 211 g/mol. The average Bonchev–Trinajstić information content (AvgIpc) is 2.15. The molecule has 1 saturated carbocycles. The number of rotatable bonds is 4. The van der Waals surface area contributed by atoms with Crippen molar-refractivity contribution in [2.45, 2.75) is 64.8 Å². The highest BCUT2D eigenvalue weighted by atomic mass is 16.1. The van der Waals surface area contributed by atoms with Crippen LogP contribution >= 0.6 is 0 Å². The van der Waals surface area contributed by atoms with Crippen molar-refractivity contribution in [3.05, 3.63) is 0 Å². The Balaban J connectivity index is 2.56. The summed E-state index contributed by atoms with van der Waals surface area (Å²) in [5.74, 6) is 1.31. The molecule has 0 aromatic carbocycles. The third-order valence-electron chi connectivity index (χ3n) is 3.48. The summed E-state index contributed by atoms with van der Waals surface area (Å²) in [6, 6.07) is 0. The van der Waals surface area contributed by atoms with Crippen LogP contribution in [0.1, 0.15) is 59.3 Å². The molecule has 2 N–H and O–H groups in total. The molecule has 88 valence electrons. The minimum Gasteiger partial charge on any atom is -0.325 e. The Morgan fingerprint density at radius 3 is 2.47 bits per heavy atom. The van der Waals surface area contributed by atoms with Crippen LogP contribution in [0.15, 0.2) is 0 Å². The Labute approximate surface area is 93.6 Å². The molecule has 0 aromatic heterocycles. The molecule has 0 aliphatic heterocycles. The zero-order chi connectivity index (χ0) is 11.5. The van der Waals surface area contributed by atoms with Gasteiger partial charge < -0.3 is 5.73 Å². The normalized spacial score (nSPS) is 27.7. The molecule has 0 heterocycles. The fraction of sp³-hybridized carbons (Fsp3) is 0.923. The van der Waals surface area contributed by atoms with Gasteiger partial charge in [0.05, 0.1) is 0 Å². The second kappa shape index (κ2) is 5.11. The zero-order valence-corrected chi connectivity index (χ0v) is 10.4. The summed E-state index contributed by atoms with van der Waals surface area (Å²) in [6.45, 7) is 6.08. The molecule has 0 radical (unpaired) electrons. The molecule has 2 atom stereocenters. The van der Waals surface area contributed by atoms with Gasteiger partial charge in [0.1, 0.15) is 5.78 Å². The molecule has 0 aromatic rings. The monoisotopic (exact) mass is 211 g/mol. The molecule has 0 amide bonds. The van der Waals surface area contributed by atoms with E-state index < -0.39 is 0 Å². The first kappa shape index (κ1) is 12.7.